The second-order valence-corrected chi connectivity index (χ2v) is 11.3. The first-order valence-electron chi connectivity index (χ1n) is 15.2. The molecule has 1 unspecified atom stereocenters. The fourth-order valence-electron chi connectivity index (χ4n) is 5.59. The fraction of sp³-hybridized carbons (Fsp3) is 0.441. The summed E-state index contributed by atoms with van der Waals surface area (Å²) in [4.78, 5) is 15.5. The third-order valence-corrected chi connectivity index (χ3v) is 8.16. The summed E-state index contributed by atoms with van der Waals surface area (Å²) in [7, 11) is 4.36. The number of hydrogen-bond acceptors (Lipinski definition) is 6. The molecular formula is C34H46N6O. The van der Waals surface area contributed by atoms with E-state index in [2.05, 4.69) is 102 Å². The van der Waals surface area contributed by atoms with Crippen molar-refractivity contribution in [1.82, 2.24) is 14.9 Å². The van der Waals surface area contributed by atoms with Crippen LogP contribution in [-0.2, 0) is 4.74 Å². The molecule has 1 fully saturated rings. The Morgan fingerprint density at radius 3 is 2.63 bits per heavy atom. The van der Waals surface area contributed by atoms with Crippen molar-refractivity contribution in [3.05, 3.63) is 78.4 Å². The fourth-order valence-corrected chi connectivity index (χ4v) is 5.59. The van der Waals surface area contributed by atoms with Gasteiger partial charge in [0.25, 0.3) is 0 Å². The van der Waals surface area contributed by atoms with E-state index in [1.54, 1.807) is 0 Å². The Balaban J connectivity index is 1.26. The standard InChI is InChI=1S/C34H46N6O/c1-6-8-9-10-22-41-28(11-7-2)15-12-25(3)33-35-29-16-13-26(23-31(29)36-33)34-37-30-17-14-27(24-32(30)39(34)5)40-20-18-38(4)19-21-40/h11-17,23-24,34,37H,3,6-10,18-22H2,1-2,4-5H3,(H,35,36)/b15-12-,28-11+. The monoisotopic (exact) mass is 554 g/mol. The van der Waals surface area contributed by atoms with Gasteiger partial charge in [-0.3, -0.25) is 0 Å². The number of fused-ring (bicyclic) bond motifs is 2. The van der Waals surface area contributed by atoms with Crippen molar-refractivity contribution in [3.8, 4) is 0 Å². The van der Waals surface area contributed by atoms with Crippen LogP contribution in [0.5, 0.6) is 0 Å². The van der Waals surface area contributed by atoms with Gasteiger partial charge in [0.2, 0.25) is 0 Å². The molecule has 2 N–H and O–H groups in total. The first kappa shape index (κ1) is 28.8. The maximum Gasteiger partial charge on any atom is 0.137 e. The summed E-state index contributed by atoms with van der Waals surface area (Å²) in [6.45, 7) is 13.7. The molecule has 0 spiro atoms. The van der Waals surface area contributed by atoms with Gasteiger partial charge in [-0.05, 0) is 74.0 Å². The SMILES string of the molecule is C=C(/C=C\C(=C/CC)OCCCCCC)c1nc2ccc(C3Nc4ccc(N5CCN(C)CC5)cc4N3C)cc2[nH]1. The van der Waals surface area contributed by atoms with Crippen molar-refractivity contribution >= 4 is 33.7 Å². The van der Waals surface area contributed by atoms with Gasteiger partial charge in [0.15, 0.2) is 0 Å². The highest BCUT2D eigenvalue weighted by molar-refractivity contribution is 5.83. The van der Waals surface area contributed by atoms with Crippen molar-refractivity contribution in [2.24, 2.45) is 0 Å². The van der Waals surface area contributed by atoms with Gasteiger partial charge in [-0.25, -0.2) is 4.98 Å². The van der Waals surface area contributed by atoms with Gasteiger partial charge >= 0.3 is 0 Å². The molecule has 1 aromatic heterocycles. The van der Waals surface area contributed by atoms with Gasteiger partial charge in [-0.15, -0.1) is 0 Å². The molecule has 7 heteroatoms. The van der Waals surface area contributed by atoms with E-state index in [1.807, 2.05) is 12.2 Å². The summed E-state index contributed by atoms with van der Waals surface area (Å²) < 4.78 is 6.02. The molecule has 1 saturated heterocycles. The lowest BCUT2D eigenvalue weighted by Gasteiger charge is -2.34. The van der Waals surface area contributed by atoms with Gasteiger partial charge in [0.05, 0.1) is 29.0 Å². The molecule has 0 saturated carbocycles. The number of unbranched alkanes of at least 4 members (excludes halogenated alkanes) is 3. The van der Waals surface area contributed by atoms with Crippen molar-refractivity contribution in [1.29, 1.82) is 0 Å². The normalized spacial score (nSPS) is 17.9. The Hall–Kier alpha value is -3.71. The molecule has 0 radical (unpaired) electrons. The lowest BCUT2D eigenvalue weighted by molar-refractivity contribution is 0.216. The molecule has 2 aromatic carbocycles. The van der Waals surface area contributed by atoms with Crippen LogP contribution >= 0.6 is 0 Å². The highest BCUT2D eigenvalue weighted by atomic mass is 16.5. The predicted molar refractivity (Wildman–Crippen MR) is 174 cm³/mol. The van der Waals surface area contributed by atoms with Gasteiger partial charge in [0.1, 0.15) is 17.7 Å². The number of rotatable bonds is 12. The molecule has 41 heavy (non-hydrogen) atoms. The highest BCUT2D eigenvalue weighted by Gasteiger charge is 2.28. The Labute approximate surface area is 245 Å². The molecular weight excluding hydrogens is 508 g/mol. The van der Waals surface area contributed by atoms with E-state index in [1.165, 1.54) is 41.9 Å². The maximum absolute atomic E-state index is 6.02. The number of H-pyrrole nitrogens is 1. The topological polar surface area (TPSA) is 59.7 Å². The molecule has 3 heterocycles. The number of likely N-dealkylation sites (N-methyl/N-ethyl adjacent to an activating group) is 1. The Kier molecular flexibility index (Phi) is 9.35. The number of nitrogens with zero attached hydrogens (tertiary/aromatic N) is 4. The zero-order valence-electron chi connectivity index (χ0n) is 25.2. The van der Waals surface area contributed by atoms with Crippen LogP contribution < -0.4 is 15.1 Å². The van der Waals surface area contributed by atoms with E-state index in [-0.39, 0.29) is 6.17 Å². The zero-order valence-corrected chi connectivity index (χ0v) is 25.2. The first-order chi connectivity index (χ1) is 20.0. The summed E-state index contributed by atoms with van der Waals surface area (Å²) in [5.74, 6) is 1.68. The van der Waals surface area contributed by atoms with Gasteiger partial charge in [-0.1, -0.05) is 45.8 Å². The number of hydrogen-bond donors (Lipinski definition) is 2. The summed E-state index contributed by atoms with van der Waals surface area (Å²) in [6.07, 6.45) is 11.9. The van der Waals surface area contributed by atoms with Crippen LogP contribution in [0.25, 0.3) is 16.6 Å². The number of imidazole rings is 1. The third-order valence-electron chi connectivity index (χ3n) is 8.16. The van der Waals surface area contributed by atoms with E-state index < -0.39 is 0 Å². The number of aromatic amines is 1. The molecule has 2 aliphatic rings. The van der Waals surface area contributed by atoms with E-state index in [0.29, 0.717) is 0 Å². The number of ether oxygens (including phenoxy) is 1. The van der Waals surface area contributed by atoms with Crippen LogP contribution in [0.3, 0.4) is 0 Å². The minimum absolute atomic E-state index is 0.0585. The Bertz CT molecular complexity index is 1400. The molecule has 2 aliphatic heterocycles. The molecule has 5 rings (SSSR count). The maximum atomic E-state index is 6.02. The molecule has 0 aliphatic carbocycles. The lowest BCUT2D eigenvalue weighted by Crippen LogP contribution is -2.44. The van der Waals surface area contributed by atoms with Crippen LogP contribution in [0.2, 0.25) is 0 Å². The van der Waals surface area contributed by atoms with Crippen LogP contribution in [0, 0.1) is 0 Å². The third kappa shape index (κ3) is 6.79. The predicted octanol–water partition coefficient (Wildman–Crippen LogP) is 7.34. The summed E-state index contributed by atoms with van der Waals surface area (Å²) in [5.41, 5.74) is 7.67. The van der Waals surface area contributed by atoms with E-state index in [9.17, 15) is 0 Å². The molecule has 0 bridgehead atoms. The summed E-state index contributed by atoms with van der Waals surface area (Å²) in [6, 6.07) is 13.3. The molecule has 0 amide bonds. The van der Waals surface area contributed by atoms with Crippen molar-refractivity contribution in [3.63, 3.8) is 0 Å². The van der Waals surface area contributed by atoms with Gasteiger partial charge in [0, 0.05) is 44.5 Å². The van der Waals surface area contributed by atoms with Crippen LogP contribution in [-0.4, -0.2) is 61.7 Å². The van der Waals surface area contributed by atoms with Crippen LogP contribution in [0.15, 0.2) is 67.0 Å². The van der Waals surface area contributed by atoms with Crippen molar-refractivity contribution in [2.45, 2.75) is 52.1 Å². The van der Waals surface area contributed by atoms with E-state index in [4.69, 9.17) is 9.72 Å². The van der Waals surface area contributed by atoms with Gasteiger partial charge < -0.3 is 29.7 Å². The Morgan fingerprint density at radius 2 is 1.85 bits per heavy atom. The number of aromatic nitrogens is 2. The summed E-state index contributed by atoms with van der Waals surface area (Å²) >= 11 is 0. The molecule has 7 nitrogen and oxygen atoms in total. The Morgan fingerprint density at radius 1 is 1.02 bits per heavy atom. The molecule has 218 valence electrons. The zero-order chi connectivity index (χ0) is 28.8. The van der Waals surface area contributed by atoms with Gasteiger partial charge in [-0.2, -0.15) is 0 Å². The first-order valence-corrected chi connectivity index (χ1v) is 15.2. The second-order valence-electron chi connectivity index (χ2n) is 11.3. The number of anilines is 3. The largest absolute Gasteiger partial charge is 0.494 e. The van der Waals surface area contributed by atoms with Crippen molar-refractivity contribution < 1.29 is 4.74 Å². The lowest BCUT2D eigenvalue weighted by atomic mass is 10.1. The molecule has 3 aromatic rings. The number of allylic oxidation sites excluding steroid dienone is 4. The number of piperazine rings is 1. The minimum atomic E-state index is 0.0585. The number of benzene rings is 2. The quantitative estimate of drug-likeness (QED) is 0.139. The minimum Gasteiger partial charge on any atom is -0.494 e. The van der Waals surface area contributed by atoms with Crippen LogP contribution in [0.4, 0.5) is 17.1 Å². The number of nitrogens with one attached hydrogen (secondary N) is 2. The van der Waals surface area contributed by atoms with Crippen LogP contribution in [0.1, 0.15) is 63.5 Å². The second kappa shape index (κ2) is 13.3. The average Bonchev–Trinajstić information content (AvgIpc) is 3.56. The highest BCUT2D eigenvalue weighted by Crippen LogP contribution is 2.42. The smallest absolute Gasteiger partial charge is 0.137 e. The molecule has 1 atom stereocenters. The van der Waals surface area contributed by atoms with E-state index >= 15 is 0 Å². The van der Waals surface area contributed by atoms with E-state index in [0.717, 1.165) is 73.8 Å². The summed E-state index contributed by atoms with van der Waals surface area (Å²) in [5, 5.41) is 3.72. The van der Waals surface area contributed by atoms with Crippen molar-refractivity contribution in [2.75, 3.05) is 62.0 Å². The average molecular weight is 555 g/mol.